The van der Waals surface area contributed by atoms with E-state index in [0.29, 0.717) is 36.3 Å². The van der Waals surface area contributed by atoms with Crippen molar-refractivity contribution in [2.45, 2.75) is 44.8 Å². The topological polar surface area (TPSA) is 90.4 Å². The molecule has 0 bridgehead atoms. The first-order valence-electron chi connectivity index (χ1n) is 8.76. The first-order chi connectivity index (χ1) is 12.3. The van der Waals surface area contributed by atoms with Crippen molar-refractivity contribution in [1.29, 1.82) is 0 Å². The molecule has 134 valence electrons. The predicted molar refractivity (Wildman–Crippen MR) is 96.8 cm³/mol. The van der Waals surface area contributed by atoms with Crippen LogP contribution in [0, 0.1) is 11.8 Å². The number of hydrogen-bond donors (Lipinski definition) is 2. The molecule has 1 saturated carbocycles. The Balaban J connectivity index is 1.87. The molecule has 0 radical (unpaired) electrons. The third-order valence-corrected chi connectivity index (χ3v) is 4.51. The Morgan fingerprint density at radius 1 is 1.42 bits per heavy atom. The normalized spacial score (nSPS) is 15.8. The van der Waals surface area contributed by atoms with Gasteiger partial charge in [0.25, 0.3) is 5.91 Å². The molecule has 4 rings (SSSR count). The third kappa shape index (κ3) is 3.06. The number of nitrogens with zero attached hydrogens (tertiary/aromatic N) is 2. The first-order valence-corrected chi connectivity index (χ1v) is 8.76. The number of aliphatic hydroxyl groups is 1. The zero-order chi connectivity index (χ0) is 18.5. The summed E-state index contributed by atoms with van der Waals surface area (Å²) in [6.07, 6.45) is 2.10. The van der Waals surface area contributed by atoms with Crippen molar-refractivity contribution in [3.63, 3.8) is 0 Å². The summed E-state index contributed by atoms with van der Waals surface area (Å²) in [6.45, 7) is 4.41. The Kier molecular flexibility index (Phi) is 3.78. The lowest BCUT2D eigenvalue weighted by Crippen LogP contribution is -2.16. The van der Waals surface area contributed by atoms with E-state index in [2.05, 4.69) is 21.4 Å². The number of rotatable bonds is 2. The molecular weight excluding hydrogens is 330 g/mol. The van der Waals surface area contributed by atoms with Gasteiger partial charge < -0.3 is 20.1 Å². The Hall–Kier alpha value is -2.78. The average Bonchev–Trinajstić information content (AvgIpc) is 3.36. The van der Waals surface area contributed by atoms with Crippen LogP contribution >= 0.6 is 0 Å². The average molecular weight is 351 g/mol. The number of aromatic nitrogens is 2. The summed E-state index contributed by atoms with van der Waals surface area (Å²) in [5.74, 6) is 7.05. The number of carbonyl (C=O) groups is 1. The van der Waals surface area contributed by atoms with E-state index in [-0.39, 0.29) is 0 Å². The van der Waals surface area contributed by atoms with Crippen molar-refractivity contribution >= 4 is 5.91 Å². The summed E-state index contributed by atoms with van der Waals surface area (Å²) >= 11 is 0. The van der Waals surface area contributed by atoms with E-state index in [1.54, 1.807) is 13.8 Å². The second-order valence-corrected chi connectivity index (χ2v) is 7.33. The lowest BCUT2D eigenvalue weighted by molar-refractivity contribution is 0.0994. The summed E-state index contributed by atoms with van der Waals surface area (Å²) in [5.41, 5.74) is 7.34. The monoisotopic (exact) mass is 351 g/mol. The Labute approximate surface area is 152 Å². The molecule has 3 N–H and O–H groups in total. The molecule has 1 aliphatic heterocycles. The minimum Gasteiger partial charge on any atom is -0.491 e. The van der Waals surface area contributed by atoms with E-state index >= 15 is 0 Å². The molecule has 1 amide bonds. The second kappa shape index (κ2) is 5.89. The van der Waals surface area contributed by atoms with Crippen molar-refractivity contribution in [3.8, 4) is 29.0 Å². The lowest BCUT2D eigenvalue weighted by Gasteiger charge is -2.08. The smallest absolute Gasteiger partial charge is 0.269 e. The number of carbonyl (C=O) groups excluding carboxylic acids is 1. The molecule has 0 unspecified atom stereocenters. The molecule has 0 saturated heterocycles. The molecule has 6 nitrogen and oxygen atoms in total. The number of fused-ring (bicyclic) bond motifs is 3. The predicted octanol–water partition coefficient (Wildman–Crippen LogP) is 2.04. The van der Waals surface area contributed by atoms with Gasteiger partial charge in [0.05, 0.1) is 17.8 Å². The van der Waals surface area contributed by atoms with E-state index in [0.717, 1.165) is 29.7 Å². The highest BCUT2D eigenvalue weighted by molar-refractivity contribution is 5.93. The fraction of sp³-hybridized carbons (Fsp3) is 0.400. The summed E-state index contributed by atoms with van der Waals surface area (Å²) in [7, 11) is 0. The quantitative estimate of drug-likeness (QED) is 0.810. The van der Waals surface area contributed by atoms with Gasteiger partial charge >= 0.3 is 0 Å². The molecule has 2 aromatic rings. The van der Waals surface area contributed by atoms with E-state index < -0.39 is 11.5 Å². The molecule has 2 heterocycles. The number of imidazole rings is 1. The minimum atomic E-state index is -1.07. The Bertz CT molecular complexity index is 953. The van der Waals surface area contributed by atoms with Crippen LogP contribution in [0.25, 0.3) is 11.4 Å². The largest absolute Gasteiger partial charge is 0.491 e. The maximum atomic E-state index is 11.9. The van der Waals surface area contributed by atoms with E-state index in [9.17, 15) is 9.90 Å². The van der Waals surface area contributed by atoms with Crippen LogP contribution in [0.4, 0.5) is 0 Å². The van der Waals surface area contributed by atoms with Crippen molar-refractivity contribution in [1.82, 2.24) is 9.55 Å². The van der Waals surface area contributed by atoms with Crippen LogP contribution in [0.3, 0.4) is 0 Å². The molecule has 0 spiro atoms. The number of hydrogen-bond acceptors (Lipinski definition) is 4. The van der Waals surface area contributed by atoms with E-state index in [1.807, 2.05) is 18.2 Å². The van der Waals surface area contributed by atoms with Crippen molar-refractivity contribution < 1.29 is 14.6 Å². The fourth-order valence-corrected chi connectivity index (χ4v) is 3.23. The highest BCUT2D eigenvalue weighted by atomic mass is 16.5. The maximum absolute atomic E-state index is 11.9. The standard InChI is InChI=1S/C20H21N3O3/c1-20(2,25)8-7-12-3-6-15-14(11-12)19-22-16(18(21)24)17(13-4-5-13)23(19)9-10-26-15/h3,6,11,13,25H,4-5,9-10H2,1-2H3,(H2,21,24). The maximum Gasteiger partial charge on any atom is 0.269 e. The molecule has 0 atom stereocenters. The van der Waals surface area contributed by atoms with Crippen LogP contribution in [0.15, 0.2) is 18.2 Å². The molecule has 1 fully saturated rings. The van der Waals surface area contributed by atoms with Crippen molar-refractivity contribution in [2.24, 2.45) is 5.73 Å². The van der Waals surface area contributed by atoms with Gasteiger partial charge in [-0.1, -0.05) is 11.8 Å². The first kappa shape index (κ1) is 16.7. The zero-order valence-electron chi connectivity index (χ0n) is 14.9. The third-order valence-electron chi connectivity index (χ3n) is 4.51. The summed E-state index contributed by atoms with van der Waals surface area (Å²) in [6, 6.07) is 5.60. The van der Waals surface area contributed by atoms with Gasteiger partial charge in [0.15, 0.2) is 0 Å². The van der Waals surface area contributed by atoms with Gasteiger partial charge in [-0.05, 0) is 44.9 Å². The zero-order valence-corrected chi connectivity index (χ0v) is 14.9. The van der Waals surface area contributed by atoms with Crippen LogP contribution in [-0.2, 0) is 6.54 Å². The molecule has 2 aliphatic rings. The number of amides is 1. The van der Waals surface area contributed by atoms with Crippen LogP contribution in [0.2, 0.25) is 0 Å². The summed E-state index contributed by atoms with van der Waals surface area (Å²) in [4.78, 5) is 16.5. The highest BCUT2D eigenvalue weighted by Gasteiger charge is 2.35. The van der Waals surface area contributed by atoms with Gasteiger partial charge in [0, 0.05) is 11.5 Å². The summed E-state index contributed by atoms with van der Waals surface area (Å²) < 4.78 is 7.94. The van der Waals surface area contributed by atoms with Crippen LogP contribution in [-0.4, -0.2) is 32.8 Å². The Morgan fingerprint density at radius 3 is 2.85 bits per heavy atom. The SMILES string of the molecule is CC(C)(O)C#Cc1ccc2c(c1)-c1nc(C(N)=O)c(C3CC3)n1CCO2. The molecule has 26 heavy (non-hydrogen) atoms. The molecular formula is C20H21N3O3. The lowest BCUT2D eigenvalue weighted by atomic mass is 10.1. The van der Waals surface area contributed by atoms with Gasteiger partial charge in [-0.3, -0.25) is 4.79 Å². The molecule has 6 heteroatoms. The Morgan fingerprint density at radius 2 is 2.19 bits per heavy atom. The van der Waals surface area contributed by atoms with Gasteiger partial charge in [0.2, 0.25) is 0 Å². The fourth-order valence-electron chi connectivity index (χ4n) is 3.23. The van der Waals surface area contributed by atoms with Crippen LogP contribution in [0.1, 0.15) is 54.4 Å². The van der Waals surface area contributed by atoms with Crippen molar-refractivity contribution in [2.75, 3.05) is 6.61 Å². The summed E-state index contributed by atoms with van der Waals surface area (Å²) in [5, 5.41) is 9.82. The van der Waals surface area contributed by atoms with E-state index in [4.69, 9.17) is 10.5 Å². The van der Waals surface area contributed by atoms with Gasteiger partial charge in [0.1, 0.15) is 29.5 Å². The minimum absolute atomic E-state index is 0.346. The number of nitrogens with two attached hydrogens (primary N) is 1. The molecule has 1 aromatic carbocycles. The molecule has 1 aromatic heterocycles. The number of primary amides is 1. The highest BCUT2D eigenvalue weighted by Crippen LogP contribution is 2.44. The van der Waals surface area contributed by atoms with Gasteiger partial charge in [-0.25, -0.2) is 4.98 Å². The number of benzene rings is 1. The van der Waals surface area contributed by atoms with Gasteiger partial charge in [-0.2, -0.15) is 0 Å². The van der Waals surface area contributed by atoms with Crippen LogP contribution in [0.5, 0.6) is 5.75 Å². The van der Waals surface area contributed by atoms with Crippen LogP contribution < -0.4 is 10.5 Å². The second-order valence-electron chi connectivity index (χ2n) is 7.33. The van der Waals surface area contributed by atoms with E-state index in [1.165, 1.54) is 0 Å². The van der Waals surface area contributed by atoms with Crippen molar-refractivity contribution in [3.05, 3.63) is 35.2 Å². The molecule has 1 aliphatic carbocycles. The number of ether oxygens (including phenoxy) is 1. The van der Waals surface area contributed by atoms with Gasteiger partial charge in [-0.15, -0.1) is 0 Å².